The van der Waals surface area contributed by atoms with Crippen molar-refractivity contribution in [2.24, 2.45) is 0 Å². The molecule has 0 fully saturated rings. The second-order valence-corrected chi connectivity index (χ2v) is 8.81. The van der Waals surface area contributed by atoms with Gasteiger partial charge in [0.1, 0.15) is 0 Å². The number of sulfone groups is 1. The first kappa shape index (κ1) is 15.0. The second-order valence-electron chi connectivity index (χ2n) is 5.04. The van der Waals surface area contributed by atoms with Crippen LogP contribution in [-0.2, 0) is 9.84 Å². The van der Waals surface area contributed by atoms with Crippen LogP contribution in [0.3, 0.4) is 0 Å². The summed E-state index contributed by atoms with van der Waals surface area (Å²) in [5.74, 6) is 0. The topological polar surface area (TPSA) is 34.1 Å². The predicted molar refractivity (Wildman–Crippen MR) is 87.6 cm³/mol. The van der Waals surface area contributed by atoms with E-state index in [0.717, 1.165) is 31.2 Å². The molecule has 0 aliphatic heterocycles. The van der Waals surface area contributed by atoms with E-state index in [9.17, 15) is 8.42 Å². The Balaban J connectivity index is 2.31. The third-order valence-corrected chi connectivity index (χ3v) is 7.81. The highest BCUT2D eigenvalue weighted by molar-refractivity contribution is 14.1. The van der Waals surface area contributed by atoms with Crippen LogP contribution in [0.5, 0.6) is 0 Å². The Labute approximate surface area is 129 Å². The van der Waals surface area contributed by atoms with E-state index in [-0.39, 0.29) is 9.17 Å². The van der Waals surface area contributed by atoms with Gasteiger partial charge in [0.2, 0.25) is 0 Å². The molecule has 0 unspecified atom stereocenters. The average Bonchev–Trinajstić information content (AvgIpc) is 2.34. The van der Waals surface area contributed by atoms with Crippen molar-refractivity contribution in [2.45, 2.75) is 46.7 Å². The number of allylic oxidation sites excluding steroid dienone is 2. The van der Waals surface area contributed by atoms with Gasteiger partial charge in [-0.05, 0) is 44.7 Å². The summed E-state index contributed by atoms with van der Waals surface area (Å²) >= 11 is 2.31. The normalized spacial score (nSPS) is 24.7. The van der Waals surface area contributed by atoms with Gasteiger partial charge >= 0.3 is 0 Å². The van der Waals surface area contributed by atoms with Gasteiger partial charge in [0.25, 0.3) is 0 Å². The van der Waals surface area contributed by atoms with Gasteiger partial charge < -0.3 is 0 Å². The largest absolute Gasteiger partial charge is 0.223 e. The molecule has 0 amide bonds. The summed E-state index contributed by atoms with van der Waals surface area (Å²) in [6, 6.07) is 7.22. The van der Waals surface area contributed by atoms with Gasteiger partial charge in [0.05, 0.1) is 10.1 Å². The Kier molecular flexibility index (Phi) is 5.06. The van der Waals surface area contributed by atoms with Gasteiger partial charge in [-0.3, -0.25) is 0 Å². The quantitative estimate of drug-likeness (QED) is 0.434. The molecule has 1 aromatic carbocycles. The Morgan fingerprint density at radius 2 is 1.63 bits per heavy atom. The SMILES string of the molecule is Cc1ccc(S(=O)(=O)[C@H]2CCC=CCC[C@@H]2I)cc1. The highest BCUT2D eigenvalue weighted by Crippen LogP contribution is 2.30. The molecule has 0 aromatic heterocycles. The lowest BCUT2D eigenvalue weighted by Gasteiger charge is -2.23. The van der Waals surface area contributed by atoms with Crippen LogP contribution in [0.1, 0.15) is 31.2 Å². The van der Waals surface area contributed by atoms with Crippen LogP contribution in [0.4, 0.5) is 0 Å². The van der Waals surface area contributed by atoms with E-state index in [2.05, 4.69) is 34.7 Å². The lowest BCUT2D eigenvalue weighted by Crippen LogP contribution is -2.31. The van der Waals surface area contributed by atoms with Crippen LogP contribution in [0.25, 0.3) is 0 Å². The molecule has 0 bridgehead atoms. The summed E-state index contributed by atoms with van der Waals surface area (Å²) in [5.41, 5.74) is 1.09. The molecule has 0 N–H and O–H groups in total. The first-order valence-corrected chi connectivity index (χ1v) is 9.40. The molecule has 1 aliphatic carbocycles. The number of rotatable bonds is 2. The first-order chi connectivity index (χ1) is 9.01. The molecule has 4 heteroatoms. The Bertz CT molecular complexity index is 546. The minimum absolute atomic E-state index is 0.189. The van der Waals surface area contributed by atoms with Crippen molar-refractivity contribution in [1.29, 1.82) is 0 Å². The molecule has 0 radical (unpaired) electrons. The van der Waals surface area contributed by atoms with Crippen LogP contribution in [0, 0.1) is 6.92 Å². The number of aryl methyl sites for hydroxylation is 1. The number of alkyl halides is 1. The zero-order chi connectivity index (χ0) is 13.9. The van der Waals surface area contributed by atoms with Gasteiger partial charge in [-0.15, -0.1) is 0 Å². The van der Waals surface area contributed by atoms with Crippen molar-refractivity contribution in [2.75, 3.05) is 0 Å². The van der Waals surface area contributed by atoms with Gasteiger partial charge in [0.15, 0.2) is 9.84 Å². The Morgan fingerprint density at radius 1 is 1.05 bits per heavy atom. The summed E-state index contributed by atoms with van der Waals surface area (Å²) < 4.78 is 25.7. The fourth-order valence-electron chi connectivity index (χ4n) is 2.37. The Morgan fingerprint density at radius 3 is 2.26 bits per heavy atom. The summed E-state index contributed by atoms with van der Waals surface area (Å²) in [5, 5.41) is -0.263. The molecule has 2 rings (SSSR count). The molecule has 2 nitrogen and oxygen atoms in total. The van der Waals surface area contributed by atoms with E-state index in [1.165, 1.54) is 0 Å². The molecule has 2 atom stereocenters. The van der Waals surface area contributed by atoms with Crippen LogP contribution in [-0.4, -0.2) is 17.6 Å². The van der Waals surface area contributed by atoms with Crippen molar-refractivity contribution in [1.82, 2.24) is 0 Å². The standard InChI is InChI=1S/C15H19IO2S/c1-12-8-10-13(11-9-12)19(17,18)15-7-5-3-2-4-6-14(15)16/h2-3,8-11,14-15H,4-7H2,1H3/t14-,15-/m0/s1. The molecule has 104 valence electrons. The van der Waals surface area contributed by atoms with Gasteiger partial charge in [-0.2, -0.15) is 0 Å². The maximum Gasteiger partial charge on any atom is 0.182 e. The zero-order valence-electron chi connectivity index (χ0n) is 11.0. The van der Waals surface area contributed by atoms with Crippen LogP contribution >= 0.6 is 22.6 Å². The molecule has 0 saturated carbocycles. The van der Waals surface area contributed by atoms with Crippen LogP contribution in [0.15, 0.2) is 41.3 Å². The zero-order valence-corrected chi connectivity index (χ0v) is 14.0. The minimum Gasteiger partial charge on any atom is -0.223 e. The fourth-order valence-corrected chi connectivity index (χ4v) is 6.09. The van der Waals surface area contributed by atoms with Crippen LogP contribution < -0.4 is 0 Å². The van der Waals surface area contributed by atoms with Crippen molar-refractivity contribution < 1.29 is 8.42 Å². The molecule has 19 heavy (non-hydrogen) atoms. The molecule has 1 aliphatic rings. The lowest BCUT2D eigenvalue weighted by atomic mass is 10.1. The highest BCUT2D eigenvalue weighted by Gasteiger charge is 2.32. The summed E-state index contributed by atoms with van der Waals surface area (Å²) in [7, 11) is -3.21. The van der Waals surface area contributed by atoms with E-state index in [0.29, 0.717) is 4.90 Å². The van der Waals surface area contributed by atoms with E-state index in [1.807, 2.05) is 19.1 Å². The molecular formula is C15H19IO2S. The third-order valence-electron chi connectivity index (χ3n) is 3.55. The molecule has 0 heterocycles. The number of halogens is 1. The van der Waals surface area contributed by atoms with Crippen molar-refractivity contribution >= 4 is 32.4 Å². The number of benzene rings is 1. The van der Waals surface area contributed by atoms with E-state index in [4.69, 9.17) is 0 Å². The van der Waals surface area contributed by atoms with Crippen molar-refractivity contribution in [3.63, 3.8) is 0 Å². The van der Waals surface area contributed by atoms with Crippen molar-refractivity contribution in [3.8, 4) is 0 Å². The smallest absolute Gasteiger partial charge is 0.182 e. The number of hydrogen-bond donors (Lipinski definition) is 0. The second kappa shape index (κ2) is 6.39. The van der Waals surface area contributed by atoms with Gasteiger partial charge in [0, 0.05) is 3.92 Å². The maximum atomic E-state index is 12.7. The van der Waals surface area contributed by atoms with Gasteiger partial charge in [-0.1, -0.05) is 52.4 Å². The van der Waals surface area contributed by atoms with Crippen molar-refractivity contribution in [3.05, 3.63) is 42.0 Å². The van der Waals surface area contributed by atoms with Gasteiger partial charge in [-0.25, -0.2) is 8.42 Å². The molecule has 0 saturated heterocycles. The summed E-state index contributed by atoms with van der Waals surface area (Å²) in [6.45, 7) is 1.97. The Hall–Kier alpha value is -0.360. The molecular weight excluding hydrogens is 371 g/mol. The summed E-state index contributed by atoms with van der Waals surface area (Å²) in [6.07, 6.45) is 7.77. The highest BCUT2D eigenvalue weighted by atomic mass is 127. The van der Waals surface area contributed by atoms with E-state index < -0.39 is 9.84 Å². The van der Waals surface area contributed by atoms with E-state index in [1.54, 1.807) is 12.1 Å². The maximum absolute atomic E-state index is 12.7. The fraction of sp³-hybridized carbons (Fsp3) is 0.467. The minimum atomic E-state index is -3.21. The average molecular weight is 390 g/mol. The molecule has 0 spiro atoms. The first-order valence-electron chi connectivity index (χ1n) is 6.61. The monoisotopic (exact) mass is 390 g/mol. The summed E-state index contributed by atoms with van der Waals surface area (Å²) in [4.78, 5) is 0.467. The number of hydrogen-bond acceptors (Lipinski definition) is 2. The lowest BCUT2D eigenvalue weighted by molar-refractivity contribution is 0.560. The predicted octanol–water partition coefficient (Wildman–Crippen LogP) is 4.07. The van der Waals surface area contributed by atoms with E-state index >= 15 is 0 Å². The third kappa shape index (κ3) is 3.60. The van der Waals surface area contributed by atoms with Crippen LogP contribution in [0.2, 0.25) is 0 Å². The molecule has 1 aromatic rings.